The number of carbonyl (C=O) groups excluding carboxylic acids is 4. The van der Waals surface area contributed by atoms with Gasteiger partial charge >= 0.3 is 5.97 Å². The van der Waals surface area contributed by atoms with Gasteiger partial charge in [-0.05, 0) is 18.2 Å². The molecule has 0 saturated heterocycles. The van der Waals surface area contributed by atoms with Crippen LogP contribution in [0, 0.1) is 0 Å². The topological polar surface area (TPSA) is 158 Å². The molecular formula is C25H10F4N2O8. The Hall–Kier alpha value is -5.27. The Morgan fingerprint density at radius 2 is 1.28 bits per heavy atom. The molecule has 0 radical (unpaired) electrons. The third-order valence-corrected chi connectivity index (χ3v) is 5.82. The summed E-state index contributed by atoms with van der Waals surface area (Å²) in [7, 11) is 0. The molecule has 0 aliphatic heterocycles. The molecule has 2 aliphatic carbocycles. The van der Waals surface area contributed by atoms with Crippen molar-refractivity contribution in [2.75, 3.05) is 0 Å². The van der Waals surface area contributed by atoms with E-state index >= 15 is 0 Å². The van der Waals surface area contributed by atoms with Gasteiger partial charge in [0, 0.05) is 35.9 Å². The van der Waals surface area contributed by atoms with E-state index in [4.69, 9.17) is 9.52 Å². The van der Waals surface area contributed by atoms with Crippen molar-refractivity contribution in [2.45, 2.75) is 12.9 Å². The van der Waals surface area contributed by atoms with Gasteiger partial charge in [0.05, 0.1) is 22.3 Å². The van der Waals surface area contributed by atoms with Crippen LogP contribution in [0.5, 0.6) is 0 Å². The molecular weight excluding hydrogens is 532 g/mol. The maximum atomic E-state index is 12.9. The van der Waals surface area contributed by atoms with Gasteiger partial charge in [-0.15, -0.1) is 0 Å². The van der Waals surface area contributed by atoms with E-state index in [1.54, 1.807) is 0 Å². The van der Waals surface area contributed by atoms with Gasteiger partial charge in [0.15, 0.2) is 34.6 Å². The monoisotopic (exact) mass is 542 g/mol. The minimum atomic E-state index is -3.26. The van der Waals surface area contributed by atoms with Gasteiger partial charge in [-0.25, -0.2) is 22.4 Å². The zero-order valence-electron chi connectivity index (χ0n) is 18.9. The molecule has 14 heteroatoms. The van der Waals surface area contributed by atoms with Gasteiger partial charge in [-0.2, -0.15) is 0 Å². The summed E-state index contributed by atoms with van der Waals surface area (Å²) in [5, 5.41) is 9.04. The van der Waals surface area contributed by atoms with Crippen molar-refractivity contribution in [2.24, 2.45) is 0 Å². The maximum Gasteiger partial charge on any atom is 0.340 e. The summed E-state index contributed by atoms with van der Waals surface area (Å²) < 4.78 is 60.2. The van der Waals surface area contributed by atoms with Crippen molar-refractivity contribution in [3.05, 3.63) is 105 Å². The van der Waals surface area contributed by atoms with E-state index < -0.39 is 70.4 Å². The van der Waals surface area contributed by atoms with Crippen LogP contribution in [0.25, 0.3) is 0 Å². The van der Waals surface area contributed by atoms with Crippen molar-refractivity contribution in [3.63, 3.8) is 0 Å². The summed E-state index contributed by atoms with van der Waals surface area (Å²) >= 11 is 0. The second kappa shape index (κ2) is 9.24. The number of halogens is 4. The summed E-state index contributed by atoms with van der Waals surface area (Å²) in [5.41, 5.74) is -1.73. The van der Waals surface area contributed by atoms with E-state index in [2.05, 4.69) is 14.4 Å². The Morgan fingerprint density at radius 3 is 1.82 bits per heavy atom. The van der Waals surface area contributed by atoms with Crippen LogP contribution in [0.1, 0.15) is 98.8 Å². The first-order valence-electron chi connectivity index (χ1n) is 10.7. The van der Waals surface area contributed by atoms with Gasteiger partial charge in [0.1, 0.15) is 5.56 Å². The fourth-order valence-corrected chi connectivity index (χ4v) is 4.12. The molecule has 39 heavy (non-hydrogen) atoms. The number of carboxylic acid groups (broad SMARTS) is 1. The minimum absolute atomic E-state index is 0.0611. The second-order valence-electron chi connectivity index (χ2n) is 8.00. The number of furan rings is 2. The molecule has 4 aromatic rings. The highest BCUT2D eigenvalue weighted by atomic mass is 19.3. The quantitative estimate of drug-likeness (QED) is 0.316. The SMILES string of the molecule is O=C1c2ccncc2C(=O)c2c1oc(C(F)F)c2C(=O)O.O=C1c2cnccc2C(=O)c2oc(C(F)F)cc21. The largest absolute Gasteiger partial charge is 0.478 e. The summed E-state index contributed by atoms with van der Waals surface area (Å²) in [6.45, 7) is 0. The number of aromatic nitrogens is 2. The van der Waals surface area contributed by atoms with Crippen LogP contribution in [-0.2, 0) is 0 Å². The second-order valence-corrected chi connectivity index (χ2v) is 8.00. The summed E-state index contributed by atoms with van der Waals surface area (Å²) in [5.74, 6) is -7.43. The van der Waals surface area contributed by atoms with E-state index in [1.165, 1.54) is 30.7 Å². The highest BCUT2D eigenvalue weighted by Gasteiger charge is 2.41. The zero-order valence-corrected chi connectivity index (χ0v) is 18.9. The number of hydrogen-bond acceptors (Lipinski definition) is 9. The lowest BCUT2D eigenvalue weighted by Crippen LogP contribution is -2.21. The number of pyridine rings is 2. The minimum Gasteiger partial charge on any atom is -0.478 e. The predicted molar refractivity (Wildman–Crippen MR) is 116 cm³/mol. The van der Waals surface area contributed by atoms with Crippen LogP contribution in [0.3, 0.4) is 0 Å². The number of alkyl halides is 4. The summed E-state index contributed by atoms with van der Waals surface area (Å²) in [6.07, 6.45) is -1.19. The van der Waals surface area contributed by atoms with E-state index in [-0.39, 0.29) is 33.6 Å². The lowest BCUT2D eigenvalue weighted by atomic mass is 9.87. The molecule has 0 aromatic carbocycles. The molecule has 0 unspecified atom stereocenters. The van der Waals surface area contributed by atoms with Crippen molar-refractivity contribution in [1.29, 1.82) is 0 Å². The smallest absolute Gasteiger partial charge is 0.340 e. The van der Waals surface area contributed by atoms with Gasteiger partial charge in [-0.1, -0.05) is 0 Å². The molecule has 4 heterocycles. The number of hydrogen-bond donors (Lipinski definition) is 1. The standard InChI is InChI=1S/C13H5F2NO5.C12H5F2NO3/c14-12(15)11-7(13(19)20)6-8(17)5-3-16-2-1-4(5)9(18)10(6)21-11;13-12(14)8-3-6-9(16)7-4-15-2-1-5(7)10(17)11(6)18-8/h1-3,12H,(H,19,20);1-4,12H. The molecule has 0 fully saturated rings. The third kappa shape index (κ3) is 3.93. The van der Waals surface area contributed by atoms with Gasteiger partial charge in [-0.3, -0.25) is 29.1 Å². The summed E-state index contributed by atoms with van der Waals surface area (Å²) in [6, 6.07) is 3.52. The first-order chi connectivity index (χ1) is 18.5. The van der Waals surface area contributed by atoms with Gasteiger partial charge in [0.2, 0.25) is 11.6 Å². The molecule has 0 atom stereocenters. The van der Waals surface area contributed by atoms with Crippen molar-refractivity contribution in [3.8, 4) is 0 Å². The number of nitrogens with zero attached hydrogens (tertiary/aromatic N) is 2. The van der Waals surface area contributed by atoms with Gasteiger partial charge in [0.25, 0.3) is 12.9 Å². The average Bonchev–Trinajstić information content (AvgIpc) is 3.55. The molecule has 0 spiro atoms. The molecule has 1 N–H and O–H groups in total. The third-order valence-electron chi connectivity index (χ3n) is 5.82. The molecule has 4 aromatic heterocycles. The molecule has 10 nitrogen and oxygen atoms in total. The molecule has 2 aliphatic rings. The average molecular weight is 542 g/mol. The van der Waals surface area contributed by atoms with Crippen LogP contribution < -0.4 is 0 Å². The Balaban J connectivity index is 0.000000160. The number of carboxylic acids is 1. The van der Waals surface area contributed by atoms with E-state index in [0.717, 1.165) is 12.3 Å². The van der Waals surface area contributed by atoms with Crippen LogP contribution in [0.4, 0.5) is 17.6 Å². The van der Waals surface area contributed by atoms with Crippen LogP contribution >= 0.6 is 0 Å². The number of fused-ring (bicyclic) bond motifs is 4. The first-order valence-corrected chi connectivity index (χ1v) is 10.7. The Morgan fingerprint density at radius 1 is 0.718 bits per heavy atom. The molecule has 0 saturated carbocycles. The van der Waals surface area contributed by atoms with E-state index in [0.29, 0.717) is 0 Å². The Labute approximate surface area is 212 Å². The molecule has 0 bridgehead atoms. The van der Waals surface area contributed by atoms with E-state index in [9.17, 15) is 41.5 Å². The van der Waals surface area contributed by atoms with Crippen molar-refractivity contribution >= 4 is 29.1 Å². The van der Waals surface area contributed by atoms with Gasteiger partial charge < -0.3 is 13.9 Å². The lowest BCUT2D eigenvalue weighted by Gasteiger charge is -2.12. The normalized spacial score (nSPS) is 13.5. The van der Waals surface area contributed by atoms with Crippen molar-refractivity contribution in [1.82, 2.24) is 9.97 Å². The predicted octanol–water partition coefficient (Wildman–Crippen LogP) is 4.47. The summed E-state index contributed by atoms with van der Waals surface area (Å²) in [4.78, 5) is 66.9. The molecule has 0 amide bonds. The number of aromatic carboxylic acids is 1. The fourth-order valence-electron chi connectivity index (χ4n) is 4.12. The number of rotatable bonds is 3. The fraction of sp³-hybridized carbons (Fsp3) is 0.0800. The number of carbonyl (C=O) groups is 5. The molecule has 6 rings (SSSR count). The highest BCUT2D eigenvalue weighted by molar-refractivity contribution is 6.30. The number of ketones is 4. The zero-order chi connectivity index (χ0) is 28.2. The maximum absolute atomic E-state index is 12.9. The lowest BCUT2D eigenvalue weighted by molar-refractivity contribution is 0.0668. The van der Waals surface area contributed by atoms with Crippen LogP contribution in [-0.4, -0.2) is 44.2 Å². The molecule has 196 valence electrons. The van der Waals surface area contributed by atoms with Crippen molar-refractivity contribution < 1.29 is 55.5 Å². The Kier molecular flexibility index (Phi) is 6.01. The van der Waals surface area contributed by atoms with Crippen LogP contribution in [0.2, 0.25) is 0 Å². The van der Waals surface area contributed by atoms with Crippen LogP contribution in [0.15, 0.2) is 51.8 Å². The Bertz CT molecular complexity index is 1680. The van der Waals surface area contributed by atoms with E-state index in [1.807, 2.05) is 0 Å². The first kappa shape index (κ1) is 25.4. The highest BCUT2D eigenvalue weighted by Crippen LogP contribution is 2.37.